The number of ether oxygens (including phenoxy) is 1. The SMILES string of the molecule is Cc1c2c(c(CC(C)C)c3ccc(CC(C)(C)C)cc13)Oc1cc3ccc[c]([Ge]([CH3])([CH3])[CH3])c3c3cc[n+](C)c-2c13. The van der Waals surface area contributed by atoms with E-state index in [0.717, 1.165) is 24.3 Å². The fraction of sp³-hybridized carbons (Fsp3) is 0.378. The number of aromatic nitrogens is 1. The summed E-state index contributed by atoms with van der Waals surface area (Å²) in [5, 5.41) is 8.01. The maximum atomic E-state index is 7.07. The van der Waals surface area contributed by atoms with Crippen LogP contribution in [0.2, 0.25) is 17.3 Å². The molecule has 4 aromatic carbocycles. The van der Waals surface area contributed by atoms with E-state index >= 15 is 0 Å². The molecule has 40 heavy (non-hydrogen) atoms. The van der Waals surface area contributed by atoms with Crippen LogP contribution in [0.5, 0.6) is 11.5 Å². The Morgan fingerprint density at radius 3 is 2.33 bits per heavy atom. The number of rotatable bonds is 4. The van der Waals surface area contributed by atoms with Crippen molar-refractivity contribution >= 4 is 50.0 Å². The molecule has 0 fully saturated rings. The second kappa shape index (κ2) is 9.34. The van der Waals surface area contributed by atoms with Gasteiger partial charge in [0.15, 0.2) is 0 Å². The molecule has 0 bridgehead atoms. The molecule has 0 spiro atoms. The summed E-state index contributed by atoms with van der Waals surface area (Å²) in [6, 6.07) is 18.7. The van der Waals surface area contributed by atoms with Crippen LogP contribution in [0, 0.1) is 18.3 Å². The Balaban J connectivity index is 1.76. The van der Waals surface area contributed by atoms with E-state index in [0.29, 0.717) is 5.92 Å². The normalized spacial score (nSPS) is 13.4. The molecule has 0 N–H and O–H groups in total. The van der Waals surface area contributed by atoms with Crippen LogP contribution in [-0.4, -0.2) is 13.3 Å². The zero-order valence-electron chi connectivity index (χ0n) is 26.0. The van der Waals surface area contributed by atoms with Crippen LogP contribution < -0.4 is 13.7 Å². The van der Waals surface area contributed by atoms with Gasteiger partial charge in [-0.05, 0) is 0 Å². The van der Waals surface area contributed by atoms with Gasteiger partial charge in [-0.2, -0.15) is 0 Å². The van der Waals surface area contributed by atoms with Crippen LogP contribution >= 0.6 is 0 Å². The van der Waals surface area contributed by atoms with Gasteiger partial charge in [-0.3, -0.25) is 0 Å². The minimum absolute atomic E-state index is 0.243. The number of aryl methyl sites for hydroxylation is 2. The van der Waals surface area contributed by atoms with Crippen LogP contribution in [0.15, 0.2) is 54.7 Å². The van der Waals surface area contributed by atoms with E-state index in [9.17, 15) is 0 Å². The number of fused-ring (bicyclic) bond motifs is 5. The Morgan fingerprint density at radius 2 is 1.65 bits per heavy atom. The summed E-state index contributed by atoms with van der Waals surface area (Å²) >= 11 is -2.14. The van der Waals surface area contributed by atoms with E-state index in [2.05, 4.69) is 125 Å². The predicted molar refractivity (Wildman–Crippen MR) is 175 cm³/mol. The number of pyridine rings is 1. The summed E-state index contributed by atoms with van der Waals surface area (Å²) in [6.07, 6.45) is 4.32. The van der Waals surface area contributed by atoms with Gasteiger partial charge >= 0.3 is 223 Å². The third kappa shape index (κ3) is 4.43. The topological polar surface area (TPSA) is 13.1 Å². The van der Waals surface area contributed by atoms with E-state index in [1.54, 1.807) is 4.40 Å². The first-order chi connectivity index (χ1) is 18.7. The molecule has 0 atom stereocenters. The van der Waals surface area contributed by atoms with Crippen LogP contribution in [0.25, 0.3) is 43.6 Å². The standard InChI is InChI=1S/C37H44GeNO/c1-22(2)18-29-26-15-14-24(21-37(4,5)6)19-28(26)23(3)32-35-34-27(16-17-39(35)10)33-25(20-31(34)40-36(29)32)12-11-13-30(33)38(7,8)9/h11-17,19-20,22H,18,21H2,1-10H3/q+1. The summed E-state index contributed by atoms with van der Waals surface area (Å²) in [6.45, 7) is 13.9. The quantitative estimate of drug-likeness (QED) is 0.113. The van der Waals surface area contributed by atoms with E-state index < -0.39 is 13.3 Å². The van der Waals surface area contributed by atoms with Gasteiger partial charge in [0.2, 0.25) is 0 Å². The van der Waals surface area contributed by atoms with Crippen molar-refractivity contribution in [3.05, 3.63) is 71.4 Å². The molecule has 1 aliphatic rings. The molecular formula is C37H44GeNO+. The average Bonchev–Trinajstić information content (AvgIpc) is 2.85. The summed E-state index contributed by atoms with van der Waals surface area (Å²) in [7, 11) is 2.20. The fourth-order valence-electron chi connectivity index (χ4n) is 6.90. The third-order valence-corrected chi connectivity index (χ3v) is 12.8. The minimum atomic E-state index is -2.14. The van der Waals surface area contributed by atoms with Gasteiger partial charge in [-0.1, -0.05) is 20.8 Å². The van der Waals surface area contributed by atoms with Crippen molar-refractivity contribution in [1.82, 2.24) is 0 Å². The Hall–Kier alpha value is -2.85. The van der Waals surface area contributed by atoms with Crippen LogP contribution in [0.4, 0.5) is 0 Å². The van der Waals surface area contributed by atoms with Gasteiger partial charge in [0.05, 0.1) is 0 Å². The molecule has 3 heteroatoms. The molecule has 0 unspecified atom stereocenters. The number of hydrogen-bond donors (Lipinski definition) is 0. The first-order valence-electron chi connectivity index (χ1n) is 14.9. The van der Waals surface area contributed by atoms with E-state index in [4.69, 9.17) is 4.74 Å². The van der Waals surface area contributed by atoms with E-state index in [1.165, 1.54) is 60.3 Å². The molecule has 0 radical (unpaired) electrons. The molecule has 5 aromatic rings. The van der Waals surface area contributed by atoms with Crippen molar-refractivity contribution in [2.75, 3.05) is 0 Å². The van der Waals surface area contributed by atoms with Gasteiger partial charge in [0, 0.05) is 0 Å². The Bertz CT molecular complexity index is 1830. The maximum absolute atomic E-state index is 7.07. The molecule has 0 aliphatic carbocycles. The summed E-state index contributed by atoms with van der Waals surface area (Å²) in [5.74, 6) is 10.1. The van der Waals surface area contributed by atoms with E-state index in [1.807, 2.05) is 0 Å². The summed E-state index contributed by atoms with van der Waals surface area (Å²) in [5.41, 5.74) is 6.87. The van der Waals surface area contributed by atoms with Gasteiger partial charge in [-0.15, -0.1) is 0 Å². The van der Waals surface area contributed by atoms with Crippen LogP contribution in [-0.2, 0) is 19.9 Å². The second-order valence-corrected chi connectivity index (χ2v) is 25.3. The van der Waals surface area contributed by atoms with Crippen molar-refractivity contribution in [3.63, 3.8) is 0 Å². The first kappa shape index (κ1) is 27.3. The molecule has 206 valence electrons. The summed E-state index contributed by atoms with van der Waals surface area (Å²) < 4.78 is 11.0. The van der Waals surface area contributed by atoms with Gasteiger partial charge < -0.3 is 0 Å². The third-order valence-electron chi connectivity index (χ3n) is 8.52. The average molecular weight is 591 g/mol. The first-order valence-corrected chi connectivity index (χ1v) is 22.2. The fourth-order valence-corrected chi connectivity index (χ4v) is 10.3. The zero-order valence-corrected chi connectivity index (χ0v) is 28.1. The Labute approximate surface area is 242 Å². The van der Waals surface area contributed by atoms with Crippen molar-refractivity contribution < 1.29 is 9.30 Å². The second-order valence-electron chi connectivity index (χ2n) is 14.7. The molecule has 6 rings (SSSR count). The number of benzene rings is 4. The predicted octanol–water partition coefficient (Wildman–Crippen LogP) is 9.38. The Morgan fingerprint density at radius 1 is 0.900 bits per heavy atom. The van der Waals surface area contributed by atoms with Gasteiger partial charge in [0.25, 0.3) is 0 Å². The van der Waals surface area contributed by atoms with Crippen molar-refractivity contribution in [2.24, 2.45) is 18.4 Å². The van der Waals surface area contributed by atoms with Gasteiger partial charge in [0.1, 0.15) is 0 Å². The molecule has 0 saturated heterocycles. The van der Waals surface area contributed by atoms with Crippen molar-refractivity contribution in [2.45, 2.75) is 71.7 Å². The molecular weight excluding hydrogens is 547 g/mol. The van der Waals surface area contributed by atoms with Crippen molar-refractivity contribution in [3.8, 4) is 22.8 Å². The molecule has 1 aromatic heterocycles. The van der Waals surface area contributed by atoms with Crippen LogP contribution in [0.1, 0.15) is 51.3 Å². The monoisotopic (exact) mass is 592 g/mol. The molecule has 2 heterocycles. The van der Waals surface area contributed by atoms with Crippen LogP contribution in [0.3, 0.4) is 0 Å². The number of nitrogens with zero attached hydrogens (tertiary/aromatic N) is 1. The summed E-state index contributed by atoms with van der Waals surface area (Å²) in [4.78, 5) is 0. The van der Waals surface area contributed by atoms with E-state index in [-0.39, 0.29) is 5.41 Å². The van der Waals surface area contributed by atoms with Crippen molar-refractivity contribution in [1.29, 1.82) is 0 Å². The molecule has 2 nitrogen and oxygen atoms in total. The number of hydrogen-bond acceptors (Lipinski definition) is 1. The van der Waals surface area contributed by atoms with Gasteiger partial charge in [-0.25, -0.2) is 0 Å². The Kier molecular flexibility index (Phi) is 6.38. The molecule has 0 saturated carbocycles. The molecule has 0 amide bonds. The zero-order chi connectivity index (χ0) is 28.7. The molecule has 1 aliphatic heterocycles.